The van der Waals surface area contributed by atoms with Crippen molar-refractivity contribution in [3.8, 4) is 0 Å². The maximum Gasteiger partial charge on any atom is 0.269 e. The van der Waals surface area contributed by atoms with Gasteiger partial charge >= 0.3 is 0 Å². The average Bonchev–Trinajstić information content (AvgIpc) is 2.30. The van der Waals surface area contributed by atoms with Crippen molar-refractivity contribution in [3.63, 3.8) is 0 Å². The smallest absolute Gasteiger partial charge is 0.269 e. The summed E-state index contributed by atoms with van der Waals surface area (Å²) in [5, 5.41) is 13.9. The first-order chi connectivity index (χ1) is 8.41. The highest BCUT2D eigenvalue weighted by atomic mass is 35.5. The number of nitrogens with one attached hydrogen (secondary N) is 1. The predicted molar refractivity (Wildman–Crippen MR) is 68.5 cm³/mol. The van der Waals surface area contributed by atoms with Crippen LogP contribution >= 0.6 is 11.6 Å². The van der Waals surface area contributed by atoms with Gasteiger partial charge in [-0.1, -0.05) is 11.6 Å². The first-order valence-corrected chi connectivity index (χ1v) is 5.63. The molecular weight excluding hydrogens is 258 g/mol. The van der Waals surface area contributed by atoms with Gasteiger partial charge in [0.1, 0.15) is 0 Å². The number of carbonyl (C=O) groups is 1. The highest BCUT2D eigenvalue weighted by Crippen LogP contribution is 2.21. The Morgan fingerprint density at radius 1 is 1.50 bits per heavy atom. The second-order valence-corrected chi connectivity index (χ2v) is 4.33. The van der Waals surface area contributed by atoms with Gasteiger partial charge < -0.3 is 10.2 Å². The zero-order valence-corrected chi connectivity index (χ0v) is 10.9. The van der Waals surface area contributed by atoms with Crippen molar-refractivity contribution in [1.29, 1.82) is 0 Å². The molecule has 98 valence electrons. The highest BCUT2D eigenvalue weighted by molar-refractivity contribution is 6.31. The number of benzene rings is 1. The van der Waals surface area contributed by atoms with Crippen molar-refractivity contribution in [3.05, 3.63) is 38.9 Å². The van der Waals surface area contributed by atoms with Crippen molar-refractivity contribution in [1.82, 2.24) is 10.2 Å². The number of carbonyl (C=O) groups excluding carboxylic acids is 1. The molecule has 7 heteroatoms. The molecular formula is C11H14ClN3O3. The minimum Gasteiger partial charge on any atom is -0.348 e. The van der Waals surface area contributed by atoms with Crippen LogP contribution in [0.3, 0.4) is 0 Å². The summed E-state index contributed by atoms with van der Waals surface area (Å²) in [7, 11) is 3.31. The minimum absolute atomic E-state index is 0.0184. The Labute approximate surface area is 110 Å². The molecule has 1 amide bonds. The Kier molecular flexibility index (Phi) is 5.06. The summed E-state index contributed by atoms with van der Waals surface area (Å²) >= 11 is 5.92. The molecule has 1 N–H and O–H groups in total. The molecule has 0 spiro atoms. The van der Waals surface area contributed by atoms with E-state index in [9.17, 15) is 14.9 Å². The van der Waals surface area contributed by atoms with Crippen molar-refractivity contribution in [2.45, 2.75) is 6.54 Å². The van der Waals surface area contributed by atoms with Crippen molar-refractivity contribution < 1.29 is 9.72 Å². The largest absolute Gasteiger partial charge is 0.348 e. The van der Waals surface area contributed by atoms with Crippen LogP contribution in [0, 0.1) is 10.1 Å². The molecule has 1 rings (SSSR count). The molecule has 0 unspecified atom stereocenters. The number of amides is 1. The lowest BCUT2D eigenvalue weighted by Gasteiger charge is -2.11. The summed E-state index contributed by atoms with van der Waals surface area (Å²) < 4.78 is 0. The van der Waals surface area contributed by atoms with Crippen LogP contribution in [0.1, 0.15) is 5.56 Å². The molecule has 0 aliphatic heterocycles. The van der Waals surface area contributed by atoms with Gasteiger partial charge in [-0.3, -0.25) is 14.9 Å². The third-order valence-electron chi connectivity index (χ3n) is 2.33. The number of likely N-dealkylation sites (N-methyl/N-ethyl adjacent to an activating group) is 1. The van der Waals surface area contributed by atoms with Gasteiger partial charge in [0.05, 0.1) is 11.5 Å². The van der Waals surface area contributed by atoms with Crippen LogP contribution in [-0.4, -0.2) is 36.4 Å². The summed E-state index contributed by atoms with van der Waals surface area (Å²) in [5.74, 6) is -0.0726. The van der Waals surface area contributed by atoms with Crippen LogP contribution in [0.25, 0.3) is 0 Å². The quantitative estimate of drug-likeness (QED) is 0.649. The van der Waals surface area contributed by atoms with Crippen LogP contribution < -0.4 is 5.32 Å². The van der Waals surface area contributed by atoms with E-state index in [2.05, 4.69) is 5.32 Å². The van der Waals surface area contributed by atoms with Gasteiger partial charge in [-0.25, -0.2) is 0 Å². The number of halogens is 1. The minimum atomic E-state index is -0.481. The number of nitro benzene ring substituents is 1. The molecule has 0 atom stereocenters. The van der Waals surface area contributed by atoms with E-state index in [4.69, 9.17) is 11.6 Å². The normalized spacial score (nSPS) is 10.2. The van der Waals surface area contributed by atoms with Gasteiger partial charge in [0.25, 0.3) is 5.69 Å². The van der Waals surface area contributed by atoms with Crippen LogP contribution in [0.15, 0.2) is 18.2 Å². The standard InChI is InChI=1S/C11H14ClN3O3/c1-14(2)11(16)7-13-6-8-5-9(15(17)18)3-4-10(8)12/h3-5,13H,6-7H2,1-2H3. The number of hydrogen-bond acceptors (Lipinski definition) is 4. The predicted octanol–water partition coefficient (Wildman–Crippen LogP) is 1.43. The first kappa shape index (κ1) is 14.4. The Morgan fingerprint density at radius 3 is 2.72 bits per heavy atom. The fourth-order valence-corrected chi connectivity index (χ4v) is 1.46. The van der Waals surface area contributed by atoms with Crippen LogP contribution in [0.2, 0.25) is 5.02 Å². The molecule has 0 saturated heterocycles. The van der Waals surface area contributed by atoms with Gasteiger partial charge in [0, 0.05) is 37.8 Å². The van der Waals surface area contributed by atoms with E-state index in [0.717, 1.165) is 0 Å². The van der Waals surface area contributed by atoms with Gasteiger partial charge in [0.15, 0.2) is 0 Å². The number of hydrogen-bond donors (Lipinski definition) is 1. The van der Waals surface area contributed by atoms with E-state index < -0.39 is 4.92 Å². The summed E-state index contributed by atoms with van der Waals surface area (Å²) in [4.78, 5) is 22.9. The molecule has 0 aliphatic rings. The molecule has 0 aromatic heterocycles. The maximum atomic E-state index is 11.3. The summed E-state index contributed by atoms with van der Waals surface area (Å²) in [6, 6.07) is 4.22. The molecule has 0 radical (unpaired) electrons. The van der Waals surface area contributed by atoms with E-state index in [0.29, 0.717) is 17.1 Å². The van der Waals surface area contributed by atoms with Gasteiger partial charge in [-0.2, -0.15) is 0 Å². The van der Waals surface area contributed by atoms with Gasteiger partial charge in [-0.05, 0) is 11.6 Å². The van der Waals surface area contributed by atoms with Crippen LogP contribution in [0.5, 0.6) is 0 Å². The van der Waals surface area contributed by atoms with E-state index in [1.807, 2.05) is 0 Å². The van der Waals surface area contributed by atoms with E-state index in [1.54, 1.807) is 14.1 Å². The van der Waals surface area contributed by atoms with Crippen molar-refractivity contribution >= 4 is 23.2 Å². The second kappa shape index (κ2) is 6.32. The fourth-order valence-electron chi connectivity index (χ4n) is 1.27. The number of non-ortho nitro benzene ring substituents is 1. The maximum absolute atomic E-state index is 11.3. The van der Waals surface area contributed by atoms with Gasteiger partial charge in [0.2, 0.25) is 5.91 Å². The molecule has 0 bridgehead atoms. The zero-order valence-electron chi connectivity index (χ0n) is 10.1. The summed E-state index contributed by atoms with van der Waals surface area (Å²) in [6.45, 7) is 0.464. The lowest BCUT2D eigenvalue weighted by molar-refractivity contribution is -0.384. The third-order valence-corrected chi connectivity index (χ3v) is 2.70. The van der Waals surface area contributed by atoms with E-state index in [-0.39, 0.29) is 18.1 Å². The zero-order chi connectivity index (χ0) is 13.7. The highest BCUT2D eigenvalue weighted by Gasteiger charge is 2.10. The Hall–Kier alpha value is -1.66. The molecule has 6 nitrogen and oxygen atoms in total. The lowest BCUT2D eigenvalue weighted by atomic mass is 10.2. The molecule has 1 aromatic rings. The SMILES string of the molecule is CN(C)C(=O)CNCc1cc([N+](=O)[O-])ccc1Cl. The second-order valence-electron chi connectivity index (χ2n) is 3.92. The monoisotopic (exact) mass is 271 g/mol. The number of nitro groups is 1. The molecule has 0 fully saturated rings. The van der Waals surface area contributed by atoms with E-state index >= 15 is 0 Å². The molecule has 18 heavy (non-hydrogen) atoms. The van der Waals surface area contributed by atoms with Crippen molar-refractivity contribution in [2.24, 2.45) is 0 Å². The fraction of sp³-hybridized carbons (Fsp3) is 0.364. The lowest BCUT2D eigenvalue weighted by Crippen LogP contribution is -2.32. The van der Waals surface area contributed by atoms with Crippen LogP contribution in [0.4, 0.5) is 5.69 Å². The average molecular weight is 272 g/mol. The first-order valence-electron chi connectivity index (χ1n) is 5.25. The van der Waals surface area contributed by atoms with E-state index in [1.165, 1.54) is 23.1 Å². The Morgan fingerprint density at radius 2 is 2.17 bits per heavy atom. The molecule has 0 aliphatic carbocycles. The third kappa shape index (κ3) is 3.97. The molecule has 1 aromatic carbocycles. The molecule has 0 saturated carbocycles. The van der Waals surface area contributed by atoms with Crippen LogP contribution in [-0.2, 0) is 11.3 Å². The van der Waals surface area contributed by atoms with Gasteiger partial charge in [-0.15, -0.1) is 0 Å². The number of rotatable bonds is 5. The molecule has 0 heterocycles. The topological polar surface area (TPSA) is 75.5 Å². The van der Waals surface area contributed by atoms with Crippen molar-refractivity contribution in [2.75, 3.05) is 20.6 Å². The summed E-state index contributed by atoms with van der Waals surface area (Å²) in [6.07, 6.45) is 0. The Bertz CT molecular complexity index is 463. The number of nitrogens with zero attached hydrogens (tertiary/aromatic N) is 2. The Balaban J connectivity index is 2.64. The summed E-state index contributed by atoms with van der Waals surface area (Å²) in [5.41, 5.74) is 0.576.